The van der Waals surface area contributed by atoms with Gasteiger partial charge >= 0.3 is 0 Å². The standard InChI is InChI=1S/C20H28N4O/c1-5-11-23(12-6-2)20-21-14-17(15-22-20)19(25)24(7-3)18-10-8-9-16(4)13-18/h8-10,13-15H,5-7,11-12H2,1-4H3. The zero-order valence-electron chi connectivity index (χ0n) is 15.7. The molecule has 1 heterocycles. The van der Waals surface area contributed by atoms with Crippen LogP contribution in [0.1, 0.15) is 49.5 Å². The predicted octanol–water partition coefficient (Wildman–Crippen LogP) is 4.08. The van der Waals surface area contributed by atoms with Crippen LogP contribution in [0.3, 0.4) is 0 Å². The fourth-order valence-electron chi connectivity index (χ4n) is 2.84. The van der Waals surface area contributed by atoms with E-state index in [2.05, 4.69) is 28.7 Å². The van der Waals surface area contributed by atoms with E-state index in [4.69, 9.17) is 0 Å². The summed E-state index contributed by atoms with van der Waals surface area (Å²) < 4.78 is 0. The molecular formula is C20H28N4O. The highest BCUT2D eigenvalue weighted by atomic mass is 16.2. The molecule has 0 saturated heterocycles. The van der Waals surface area contributed by atoms with Gasteiger partial charge in [-0.2, -0.15) is 0 Å². The fourth-order valence-corrected chi connectivity index (χ4v) is 2.84. The van der Waals surface area contributed by atoms with Crippen molar-refractivity contribution in [2.75, 3.05) is 29.4 Å². The first-order valence-corrected chi connectivity index (χ1v) is 9.06. The summed E-state index contributed by atoms with van der Waals surface area (Å²) in [7, 11) is 0. The summed E-state index contributed by atoms with van der Waals surface area (Å²) in [5.74, 6) is 0.621. The molecule has 0 fully saturated rings. The van der Waals surface area contributed by atoms with Crippen molar-refractivity contribution in [2.24, 2.45) is 0 Å². The lowest BCUT2D eigenvalue weighted by atomic mass is 10.2. The quantitative estimate of drug-likeness (QED) is 0.726. The number of rotatable bonds is 8. The molecule has 0 radical (unpaired) electrons. The first-order valence-electron chi connectivity index (χ1n) is 9.06. The first kappa shape index (κ1) is 18.9. The second kappa shape index (κ2) is 9.16. The minimum absolute atomic E-state index is 0.0721. The van der Waals surface area contributed by atoms with E-state index in [1.54, 1.807) is 17.3 Å². The van der Waals surface area contributed by atoms with Gasteiger partial charge in [-0.05, 0) is 44.4 Å². The molecule has 0 bridgehead atoms. The number of anilines is 2. The maximum Gasteiger partial charge on any atom is 0.261 e. The highest BCUT2D eigenvalue weighted by molar-refractivity contribution is 6.05. The van der Waals surface area contributed by atoms with Crippen molar-refractivity contribution < 1.29 is 4.79 Å². The van der Waals surface area contributed by atoms with Crippen LogP contribution in [-0.2, 0) is 0 Å². The molecule has 0 spiro atoms. The van der Waals surface area contributed by atoms with Gasteiger partial charge in [-0.15, -0.1) is 0 Å². The molecule has 2 rings (SSSR count). The summed E-state index contributed by atoms with van der Waals surface area (Å²) >= 11 is 0. The van der Waals surface area contributed by atoms with E-state index in [-0.39, 0.29) is 5.91 Å². The Bertz CT molecular complexity index is 678. The van der Waals surface area contributed by atoms with Gasteiger partial charge in [0.2, 0.25) is 5.95 Å². The Kier molecular flexibility index (Phi) is 6.92. The molecule has 2 aromatic rings. The summed E-state index contributed by atoms with van der Waals surface area (Å²) in [5.41, 5.74) is 2.54. The van der Waals surface area contributed by atoms with Crippen molar-refractivity contribution in [3.63, 3.8) is 0 Å². The Balaban J connectivity index is 2.21. The molecule has 1 aromatic heterocycles. The average molecular weight is 340 g/mol. The normalized spacial score (nSPS) is 10.6. The largest absolute Gasteiger partial charge is 0.341 e. The van der Waals surface area contributed by atoms with E-state index >= 15 is 0 Å². The molecule has 0 saturated carbocycles. The van der Waals surface area contributed by atoms with E-state index in [1.165, 1.54) is 0 Å². The van der Waals surface area contributed by atoms with Crippen molar-refractivity contribution >= 4 is 17.5 Å². The molecule has 0 aliphatic heterocycles. The minimum atomic E-state index is -0.0721. The lowest BCUT2D eigenvalue weighted by molar-refractivity contribution is 0.0987. The van der Waals surface area contributed by atoms with Crippen molar-refractivity contribution in [3.8, 4) is 0 Å². The van der Waals surface area contributed by atoms with Crippen molar-refractivity contribution in [2.45, 2.75) is 40.5 Å². The molecule has 0 atom stereocenters. The SMILES string of the molecule is CCCN(CCC)c1ncc(C(=O)N(CC)c2cccc(C)c2)cn1. The monoisotopic (exact) mass is 340 g/mol. The van der Waals surface area contributed by atoms with Gasteiger partial charge in [0.25, 0.3) is 5.91 Å². The van der Waals surface area contributed by atoms with Crippen LogP contribution in [0, 0.1) is 6.92 Å². The van der Waals surface area contributed by atoms with E-state index < -0.39 is 0 Å². The zero-order valence-corrected chi connectivity index (χ0v) is 15.7. The topological polar surface area (TPSA) is 49.3 Å². The van der Waals surface area contributed by atoms with Gasteiger partial charge in [-0.25, -0.2) is 9.97 Å². The second-order valence-electron chi connectivity index (χ2n) is 6.15. The van der Waals surface area contributed by atoms with Gasteiger partial charge in [-0.1, -0.05) is 26.0 Å². The van der Waals surface area contributed by atoms with Gasteiger partial charge in [0.1, 0.15) is 0 Å². The van der Waals surface area contributed by atoms with Crippen LogP contribution >= 0.6 is 0 Å². The van der Waals surface area contributed by atoms with Crippen molar-refractivity contribution in [1.82, 2.24) is 9.97 Å². The van der Waals surface area contributed by atoms with Gasteiger partial charge < -0.3 is 9.80 Å². The number of hydrogen-bond acceptors (Lipinski definition) is 4. The summed E-state index contributed by atoms with van der Waals surface area (Å²) in [5, 5.41) is 0. The van der Waals surface area contributed by atoms with E-state index in [9.17, 15) is 4.79 Å². The maximum absolute atomic E-state index is 12.9. The summed E-state index contributed by atoms with van der Waals surface area (Å²) in [6.07, 6.45) is 5.37. The van der Waals surface area contributed by atoms with Crippen LogP contribution in [0.2, 0.25) is 0 Å². The highest BCUT2D eigenvalue weighted by Crippen LogP contribution is 2.18. The average Bonchev–Trinajstić information content (AvgIpc) is 2.62. The molecule has 134 valence electrons. The Labute approximate surface area is 150 Å². The van der Waals surface area contributed by atoms with Crippen LogP contribution in [0.15, 0.2) is 36.7 Å². The summed E-state index contributed by atoms with van der Waals surface area (Å²) in [4.78, 5) is 25.6. The molecule has 5 nitrogen and oxygen atoms in total. The van der Waals surface area contributed by atoms with Gasteiger partial charge in [0, 0.05) is 37.7 Å². The van der Waals surface area contributed by atoms with Crippen LogP contribution in [-0.4, -0.2) is 35.5 Å². The number of aryl methyl sites for hydroxylation is 1. The first-order chi connectivity index (χ1) is 12.1. The molecule has 0 aliphatic rings. The predicted molar refractivity (Wildman–Crippen MR) is 103 cm³/mol. The summed E-state index contributed by atoms with van der Waals surface area (Å²) in [6, 6.07) is 7.96. The van der Waals surface area contributed by atoms with E-state index in [0.717, 1.165) is 37.2 Å². The van der Waals surface area contributed by atoms with Crippen molar-refractivity contribution in [3.05, 3.63) is 47.8 Å². The number of hydrogen-bond donors (Lipinski definition) is 0. The van der Waals surface area contributed by atoms with Crippen LogP contribution in [0.4, 0.5) is 11.6 Å². The fraction of sp³-hybridized carbons (Fsp3) is 0.450. The van der Waals surface area contributed by atoms with E-state index in [1.807, 2.05) is 38.1 Å². The maximum atomic E-state index is 12.9. The van der Waals surface area contributed by atoms with Gasteiger partial charge in [0.15, 0.2) is 0 Å². The number of amides is 1. The molecule has 25 heavy (non-hydrogen) atoms. The zero-order chi connectivity index (χ0) is 18.2. The molecule has 0 unspecified atom stereocenters. The molecule has 1 aromatic carbocycles. The van der Waals surface area contributed by atoms with Crippen LogP contribution in [0.25, 0.3) is 0 Å². The van der Waals surface area contributed by atoms with Gasteiger partial charge in [-0.3, -0.25) is 4.79 Å². The minimum Gasteiger partial charge on any atom is -0.341 e. The van der Waals surface area contributed by atoms with Gasteiger partial charge in [0.05, 0.1) is 5.56 Å². The third kappa shape index (κ3) is 4.78. The molecule has 1 amide bonds. The lowest BCUT2D eigenvalue weighted by Gasteiger charge is -2.23. The Hall–Kier alpha value is -2.43. The molecule has 0 N–H and O–H groups in total. The number of benzene rings is 1. The smallest absolute Gasteiger partial charge is 0.261 e. The van der Waals surface area contributed by atoms with Crippen molar-refractivity contribution in [1.29, 1.82) is 0 Å². The lowest BCUT2D eigenvalue weighted by Crippen LogP contribution is -2.31. The second-order valence-corrected chi connectivity index (χ2v) is 6.15. The van der Waals surface area contributed by atoms with Crippen LogP contribution in [0.5, 0.6) is 0 Å². The molecule has 0 aliphatic carbocycles. The Morgan fingerprint density at radius 1 is 1.04 bits per heavy atom. The molecular weight excluding hydrogens is 312 g/mol. The number of carbonyl (C=O) groups is 1. The number of nitrogens with zero attached hydrogens (tertiary/aromatic N) is 4. The van der Waals surface area contributed by atoms with E-state index in [0.29, 0.717) is 18.1 Å². The van der Waals surface area contributed by atoms with Crippen LogP contribution < -0.4 is 9.80 Å². The number of aromatic nitrogens is 2. The molecule has 5 heteroatoms. The summed E-state index contributed by atoms with van der Waals surface area (Å²) in [6.45, 7) is 10.7. The number of carbonyl (C=O) groups excluding carboxylic acids is 1. The third-order valence-corrected chi connectivity index (χ3v) is 4.03. The Morgan fingerprint density at radius 2 is 1.68 bits per heavy atom. The third-order valence-electron chi connectivity index (χ3n) is 4.03. The highest BCUT2D eigenvalue weighted by Gasteiger charge is 2.18. The Morgan fingerprint density at radius 3 is 2.20 bits per heavy atom.